The Morgan fingerprint density at radius 3 is 1.46 bits per heavy atom. The molecule has 0 aromatic heterocycles. The highest BCUT2D eigenvalue weighted by atomic mass is 32.5. The second kappa shape index (κ2) is 18.6. The van der Waals surface area contributed by atoms with Crippen LogP contribution in [0.4, 0.5) is 0 Å². The number of carbonyl (C=O) groups is 1. The third kappa shape index (κ3) is 56.4. The van der Waals surface area contributed by atoms with Crippen molar-refractivity contribution in [3.8, 4) is 0 Å². The molecular weight excluding hydrogens is 422 g/mol. The molecule has 0 spiro atoms. The minimum absolute atomic E-state index is 0.261. The van der Waals surface area contributed by atoms with Gasteiger partial charge in [0.25, 0.3) is 0 Å². The molecule has 26 heavy (non-hydrogen) atoms. The molecule has 0 unspecified atom stereocenters. The molecule has 0 aliphatic heterocycles. The highest BCUT2D eigenvalue weighted by molar-refractivity contribution is 8.06. The van der Waals surface area contributed by atoms with E-state index in [1.807, 2.05) is 0 Å². The number of unbranched alkanes of at least 4 members (excludes halogenated alkanes) is 7. The number of hydrogen-bond donors (Lipinski definition) is 6. The maximum Gasteiger partial charge on any atom is 0.333 e. The molecule has 0 aliphatic rings. The Labute approximate surface area is 166 Å². The second-order valence-corrected chi connectivity index (χ2v) is 10.4. The van der Waals surface area contributed by atoms with Gasteiger partial charge in [0, 0.05) is 5.57 Å². The van der Waals surface area contributed by atoms with E-state index >= 15 is 0 Å². The van der Waals surface area contributed by atoms with Crippen LogP contribution in [0.1, 0.15) is 65.2 Å². The Morgan fingerprint density at radius 2 is 1.15 bits per heavy atom. The molecule has 0 aliphatic carbocycles. The van der Waals surface area contributed by atoms with E-state index in [0.29, 0.717) is 12.2 Å². The van der Waals surface area contributed by atoms with E-state index in [0.717, 1.165) is 12.8 Å². The van der Waals surface area contributed by atoms with Crippen molar-refractivity contribution in [2.24, 2.45) is 0 Å². The molecule has 0 fully saturated rings. The van der Waals surface area contributed by atoms with Gasteiger partial charge in [-0.2, -0.15) is 0 Å². The predicted molar refractivity (Wildman–Crippen MR) is 110 cm³/mol. The Bertz CT molecular complexity index is 425. The summed E-state index contributed by atoms with van der Waals surface area (Å²) in [5.74, 6) is -0.261. The standard InChI is InChI=1S/C14H26O2.2H3O3PS/c1-4-5-6-7-8-9-10-11-12-16-14(15)13(2)3;2*1-4(2,3)5/h2,4-12H2,1,3H3;2*(H3,1,2,3,5). The summed E-state index contributed by atoms with van der Waals surface area (Å²) in [6.45, 7) is 0.377. The highest BCUT2D eigenvalue weighted by Crippen LogP contribution is 2.26. The van der Waals surface area contributed by atoms with E-state index in [1.54, 1.807) is 6.92 Å². The van der Waals surface area contributed by atoms with Crippen LogP contribution in [0.2, 0.25) is 0 Å². The molecule has 0 amide bonds. The topological polar surface area (TPSA) is 148 Å². The zero-order chi connectivity index (χ0) is 21.2. The lowest BCUT2D eigenvalue weighted by atomic mass is 10.1. The SMILES string of the molecule is C=C(C)C(=O)OCCCCCCCCCC.OP(O)(O)=S.OP(O)(O)=S. The van der Waals surface area contributed by atoms with Crippen LogP contribution in [-0.4, -0.2) is 41.9 Å². The van der Waals surface area contributed by atoms with Gasteiger partial charge in [-0.3, -0.25) is 0 Å². The molecule has 12 heteroatoms. The summed E-state index contributed by atoms with van der Waals surface area (Å²) < 4.78 is 5.01. The number of hydrogen-bond acceptors (Lipinski definition) is 4. The predicted octanol–water partition coefficient (Wildman–Crippen LogP) is 2.62. The lowest BCUT2D eigenvalue weighted by Gasteiger charge is -2.04. The molecule has 0 bridgehead atoms. The fourth-order valence-electron chi connectivity index (χ4n) is 1.52. The number of esters is 1. The fraction of sp³-hybridized carbons (Fsp3) is 0.786. The molecule has 0 radical (unpaired) electrons. The average Bonchev–Trinajstić information content (AvgIpc) is 2.41. The molecule has 0 rings (SSSR count). The normalized spacial score (nSPS) is 10.8. The summed E-state index contributed by atoms with van der Waals surface area (Å²) in [7, 11) is 0. The van der Waals surface area contributed by atoms with Crippen molar-refractivity contribution in [2.45, 2.75) is 65.2 Å². The maximum absolute atomic E-state index is 11.0. The lowest BCUT2D eigenvalue weighted by molar-refractivity contribution is -0.139. The van der Waals surface area contributed by atoms with Crippen molar-refractivity contribution in [3.63, 3.8) is 0 Å². The van der Waals surface area contributed by atoms with Gasteiger partial charge in [-0.1, -0.05) is 58.4 Å². The van der Waals surface area contributed by atoms with Crippen molar-refractivity contribution >= 4 is 43.0 Å². The molecule has 0 saturated carbocycles. The van der Waals surface area contributed by atoms with Crippen LogP contribution in [0, 0.1) is 0 Å². The third-order valence-corrected chi connectivity index (χ3v) is 2.58. The fourth-order valence-corrected chi connectivity index (χ4v) is 1.52. The summed E-state index contributed by atoms with van der Waals surface area (Å²) in [6.07, 6.45) is 10.1. The van der Waals surface area contributed by atoms with Crippen LogP contribution in [0.15, 0.2) is 12.2 Å². The Hall–Kier alpha value is 0.270. The second-order valence-electron chi connectivity index (χ2n) is 5.42. The molecule has 6 N–H and O–H groups in total. The summed E-state index contributed by atoms with van der Waals surface area (Å²) in [4.78, 5) is 56.4. The first kappa shape index (κ1) is 31.0. The minimum Gasteiger partial charge on any atom is -0.462 e. The van der Waals surface area contributed by atoms with E-state index < -0.39 is 13.4 Å². The molecular formula is C14H32O8P2S2. The van der Waals surface area contributed by atoms with E-state index in [9.17, 15) is 4.79 Å². The average molecular weight is 454 g/mol. The van der Waals surface area contributed by atoms with Gasteiger partial charge in [0.1, 0.15) is 0 Å². The van der Waals surface area contributed by atoms with Crippen LogP contribution >= 0.6 is 13.4 Å². The van der Waals surface area contributed by atoms with Gasteiger partial charge in [0.15, 0.2) is 0 Å². The van der Waals surface area contributed by atoms with Gasteiger partial charge in [0.05, 0.1) is 6.61 Å². The first-order valence-corrected chi connectivity index (χ1v) is 13.4. The van der Waals surface area contributed by atoms with E-state index in [-0.39, 0.29) is 5.97 Å². The monoisotopic (exact) mass is 454 g/mol. The highest BCUT2D eigenvalue weighted by Gasteiger charge is 2.01. The first-order chi connectivity index (χ1) is 11.7. The van der Waals surface area contributed by atoms with Crippen LogP contribution in [0.25, 0.3) is 0 Å². The largest absolute Gasteiger partial charge is 0.462 e. The van der Waals surface area contributed by atoms with Crippen molar-refractivity contribution < 1.29 is 38.9 Å². The summed E-state index contributed by atoms with van der Waals surface area (Å²) in [5, 5.41) is 0. The Morgan fingerprint density at radius 1 is 0.846 bits per heavy atom. The van der Waals surface area contributed by atoms with Crippen LogP contribution in [0.5, 0.6) is 0 Å². The number of rotatable bonds is 10. The van der Waals surface area contributed by atoms with Crippen molar-refractivity contribution in [1.82, 2.24) is 0 Å². The first-order valence-electron chi connectivity index (χ1n) is 8.07. The van der Waals surface area contributed by atoms with Crippen molar-refractivity contribution in [3.05, 3.63) is 12.2 Å². The van der Waals surface area contributed by atoms with E-state index in [2.05, 4.69) is 37.1 Å². The molecule has 0 aromatic rings. The van der Waals surface area contributed by atoms with E-state index in [1.165, 1.54) is 38.5 Å². The van der Waals surface area contributed by atoms with Gasteiger partial charge >= 0.3 is 19.4 Å². The zero-order valence-electron chi connectivity index (χ0n) is 15.3. The Balaban J connectivity index is -0.000000433. The van der Waals surface area contributed by atoms with Crippen molar-refractivity contribution in [2.75, 3.05) is 6.61 Å². The van der Waals surface area contributed by atoms with Crippen LogP contribution < -0.4 is 0 Å². The lowest BCUT2D eigenvalue weighted by Crippen LogP contribution is -2.05. The molecule has 0 aromatic carbocycles. The van der Waals surface area contributed by atoms with Crippen molar-refractivity contribution in [1.29, 1.82) is 0 Å². The summed E-state index contributed by atoms with van der Waals surface area (Å²) in [5.41, 5.74) is 0.486. The third-order valence-electron chi connectivity index (χ3n) is 2.58. The molecule has 0 atom stereocenters. The van der Waals surface area contributed by atoms with Crippen LogP contribution in [0.3, 0.4) is 0 Å². The molecule has 0 saturated heterocycles. The summed E-state index contributed by atoms with van der Waals surface area (Å²) in [6, 6.07) is 0. The number of ether oxygens (including phenoxy) is 1. The number of carbonyl (C=O) groups excluding carboxylic acids is 1. The van der Waals surface area contributed by atoms with Gasteiger partial charge in [0.2, 0.25) is 0 Å². The molecule has 0 heterocycles. The molecule has 8 nitrogen and oxygen atoms in total. The maximum atomic E-state index is 11.0. The quantitative estimate of drug-likeness (QED) is 0.126. The zero-order valence-corrected chi connectivity index (χ0v) is 18.7. The molecule has 158 valence electrons. The van der Waals surface area contributed by atoms with Gasteiger partial charge in [-0.25, -0.2) is 4.79 Å². The van der Waals surface area contributed by atoms with E-state index in [4.69, 9.17) is 34.1 Å². The minimum atomic E-state index is -3.81. The summed E-state index contributed by atoms with van der Waals surface area (Å²) >= 11 is 7.21. The van der Waals surface area contributed by atoms with Gasteiger partial charge in [-0.15, -0.1) is 0 Å². The van der Waals surface area contributed by atoms with Gasteiger partial charge < -0.3 is 34.1 Å². The smallest absolute Gasteiger partial charge is 0.333 e. The van der Waals surface area contributed by atoms with Gasteiger partial charge in [-0.05, 0) is 37.0 Å². The van der Waals surface area contributed by atoms with Crippen LogP contribution in [-0.2, 0) is 33.1 Å². The Kier molecular flexibility index (Phi) is 22.2.